The normalized spacial score (nSPS) is 10.6. The van der Waals surface area contributed by atoms with Crippen LogP contribution in [0.3, 0.4) is 0 Å². The van der Waals surface area contributed by atoms with Crippen molar-refractivity contribution in [2.75, 3.05) is 19.1 Å². The van der Waals surface area contributed by atoms with Crippen LogP contribution in [0.15, 0.2) is 53.9 Å². The molecule has 2 aromatic carbocycles. The Morgan fingerprint density at radius 2 is 1.54 bits per heavy atom. The Morgan fingerprint density at radius 1 is 0.962 bits per heavy atom. The molecule has 3 aromatic rings. The second-order valence-corrected chi connectivity index (χ2v) is 6.92. The molecule has 26 heavy (non-hydrogen) atoms. The van der Waals surface area contributed by atoms with Crippen molar-refractivity contribution >= 4 is 28.1 Å². The van der Waals surface area contributed by atoms with Crippen LogP contribution in [0.1, 0.15) is 16.8 Å². The number of hydrogen-bond donors (Lipinski definition) is 0. The summed E-state index contributed by atoms with van der Waals surface area (Å²) >= 11 is 7.55. The third-order valence-corrected chi connectivity index (χ3v) is 5.19. The lowest BCUT2D eigenvalue weighted by atomic mass is 10.1. The predicted octanol–water partition coefficient (Wildman–Crippen LogP) is 5.11. The van der Waals surface area contributed by atoms with Gasteiger partial charge in [-0.3, -0.25) is 0 Å². The molecular weight excluding hydrogens is 368 g/mol. The maximum atomic E-state index is 5.94. The minimum atomic E-state index is 0.419. The summed E-state index contributed by atoms with van der Waals surface area (Å²) in [4.78, 5) is 6.90. The van der Waals surface area contributed by atoms with Crippen molar-refractivity contribution in [1.82, 2.24) is 4.98 Å². The lowest BCUT2D eigenvalue weighted by Crippen LogP contribution is -2.22. The van der Waals surface area contributed by atoms with Crippen molar-refractivity contribution in [3.63, 3.8) is 0 Å². The van der Waals surface area contributed by atoms with Crippen LogP contribution in [0.5, 0.6) is 11.5 Å². The molecule has 0 bridgehead atoms. The van der Waals surface area contributed by atoms with Gasteiger partial charge in [0.15, 0.2) is 5.13 Å². The molecule has 0 spiro atoms. The zero-order valence-corrected chi connectivity index (χ0v) is 16.4. The smallest absolute Gasteiger partial charge is 0.186 e. The Hall–Kier alpha value is -2.24. The van der Waals surface area contributed by atoms with E-state index in [1.54, 1.807) is 25.6 Å². The van der Waals surface area contributed by atoms with Gasteiger partial charge < -0.3 is 14.4 Å². The van der Waals surface area contributed by atoms with Gasteiger partial charge in [0.1, 0.15) is 11.5 Å². The van der Waals surface area contributed by atoms with Crippen LogP contribution in [-0.2, 0) is 19.0 Å². The van der Waals surface area contributed by atoms with E-state index in [9.17, 15) is 0 Å². The van der Waals surface area contributed by atoms with Crippen molar-refractivity contribution in [1.29, 1.82) is 0 Å². The van der Waals surface area contributed by atoms with Gasteiger partial charge >= 0.3 is 0 Å². The molecule has 0 saturated carbocycles. The van der Waals surface area contributed by atoms with Crippen LogP contribution in [0.4, 0.5) is 5.13 Å². The number of hydrogen-bond acceptors (Lipinski definition) is 5. The topological polar surface area (TPSA) is 34.6 Å². The van der Waals surface area contributed by atoms with E-state index in [1.165, 1.54) is 0 Å². The summed E-state index contributed by atoms with van der Waals surface area (Å²) in [6, 6.07) is 16.2. The Balaban J connectivity index is 1.87. The molecule has 0 amide bonds. The Morgan fingerprint density at radius 3 is 2.00 bits per heavy atom. The molecule has 0 aliphatic rings. The SMILES string of the molecule is COc1cccc(CN(Cc2cccc(OC)c2)c2nc(CCl)cs2)c1. The number of rotatable bonds is 8. The van der Waals surface area contributed by atoms with Crippen molar-refractivity contribution in [3.05, 3.63) is 70.7 Å². The molecule has 0 atom stereocenters. The summed E-state index contributed by atoms with van der Waals surface area (Å²) < 4.78 is 10.7. The van der Waals surface area contributed by atoms with E-state index in [1.807, 2.05) is 29.6 Å². The standard InChI is InChI=1S/C20H21ClN2O2S/c1-24-18-7-3-5-15(9-18)12-23(20-22-17(11-21)14-26-20)13-16-6-4-8-19(10-16)25-2/h3-10,14H,11-13H2,1-2H3. The highest BCUT2D eigenvalue weighted by Crippen LogP contribution is 2.27. The van der Waals surface area contributed by atoms with E-state index in [4.69, 9.17) is 21.1 Å². The maximum Gasteiger partial charge on any atom is 0.186 e. The zero-order chi connectivity index (χ0) is 18.4. The van der Waals surface area contributed by atoms with Crippen LogP contribution in [0.2, 0.25) is 0 Å². The van der Waals surface area contributed by atoms with E-state index in [-0.39, 0.29) is 0 Å². The molecule has 1 heterocycles. The fraction of sp³-hybridized carbons (Fsp3) is 0.250. The van der Waals surface area contributed by atoms with Gasteiger partial charge in [-0.15, -0.1) is 22.9 Å². The molecule has 0 unspecified atom stereocenters. The molecule has 0 aliphatic carbocycles. The van der Waals surface area contributed by atoms with Crippen LogP contribution >= 0.6 is 22.9 Å². The Bertz CT molecular complexity index is 804. The molecule has 4 nitrogen and oxygen atoms in total. The van der Waals surface area contributed by atoms with Crippen LogP contribution in [-0.4, -0.2) is 19.2 Å². The third kappa shape index (κ3) is 4.68. The average Bonchev–Trinajstić information content (AvgIpc) is 3.17. The fourth-order valence-corrected chi connectivity index (χ4v) is 3.73. The van der Waals surface area contributed by atoms with Gasteiger partial charge in [0.05, 0.1) is 25.8 Å². The highest BCUT2D eigenvalue weighted by atomic mass is 35.5. The summed E-state index contributed by atoms with van der Waals surface area (Å²) in [5.74, 6) is 2.12. The van der Waals surface area contributed by atoms with Crippen LogP contribution in [0, 0.1) is 0 Å². The van der Waals surface area contributed by atoms with Gasteiger partial charge in [-0.1, -0.05) is 24.3 Å². The minimum Gasteiger partial charge on any atom is -0.497 e. The number of thiazole rings is 1. The first-order chi connectivity index (χ1) is 12.7. The minimum absolute atomic E-state index is 0.419. The number of anilines is 1. The van der Waals surface area contributed by atoms with E-state index < -0.39 is 0 Å². The van der Waals surface area contributed by atoms with Gasteiger partial charge in [0.25, 0.3) is 0 Å². The summed E-state index contributed by atoms with van der Waals surface area (Å²) in [5, 5.41) is 2.96. The van der Waals surface area contributed by atoms with Crippen LogP contribution < -0.4 is 14.4 Å². The van der Waals surface area contributed by atoms with Crippen molar-refractivity contribution < 1.29 is 9.47 Å². The summed E-state index contributed by atoms with van der Waals surface area (Å²) in [7, 11) is 3.36. The van der Waals surface area contributed by atoms with Crippen molar-refractivity contribution in [2.45, 2.75) is 19.0 Å². The number of alkyl halides is 1. The number of methoxy groups -OCH3 is 2. The van der Waals surface area contributed by atoms with Crippen molar-refractivity contribution in [2.24, 2.45) is 0 Å². The van der Waals surface area contributed by atoms with E-state index in [2.05, 4.69) is 34.1 Å². The number of aromatic nitrogens is 1. The number of benzene rings is 2. The number of nitrogens with zero attached hydrogens (tertiary/aromatic N) is 2. The first-order valence-corrected chi connectivity index (χ1v) is 9.64. The number of halogens is 1. The molecule has 1 aromatic heterocycles. The van der Waals surface area contributed by atoms with Gasteiger partial charge in [-0.25, -0.2) is 4.98 Å². The Labute approximate surface area is 163 Å². The molecule has 6 heteroatoms. The second-order valence-electron chi connectivity index (χ2n) is 5.81. The first kappa shape index (κ1) is 18.5. The Kier molecular flexibility index (Phi) is 6.36. The molecule has 0 aliphatic heterocycles. The predicted molar refractivity (Wildman–Crippen MR) is 108 cm³/mol. The highest BCUT2D eigenvalue weighted by Gasteiger charge is 2.14. The fourth-order valence-electron chi connectivity index (χ4n) is 2.68. The molecular formula is C20H21ClN2O2S. The molecule has 0 N–H and O–H groups in total. The van der Waals surface area contributed by atoms with E-state index in [0.717, 1.165) is 46.5 Å². The van der Waals surface area contributed by atoms with Crippen LogP contribution in [0.25, 0.3) is 0 Å². The molecule has 3 rings (SSSR count). The highest BCUT2D eigenvalue weighted by molar-refractivity contribution is 7.13. The van der Waals surface area contributed by atoms with Gasteiger partial charge in [-0.05, 0) is 35.4 Å². The average molecular weight is 389 g/mol. The van der Waals surface area contributed by atoms with Gasteiger partial charge in [0.2, 0.25) is 0 Å². The maximum absolute atomic E-state index is 5.94. The summed E-state index contributed by atoms with van der Waals surface area (Å²) in [5.41, 5.74) is 3.22. The van der Waals surface area contributed by atoms with Gasteiger partial charge in [-0.2, -0.15) is 0 Å². The molecule has 136 valence electrons. The summed E-state index contributed by atoms with van der Waals surface area (Å²) in [6.07, 6.45) is 0. The first-order valence-electron chi connectivity index (χ1n) is 8.23. The lowest BCUT2D eigenvalue weighted by molar-refractivity contribution is 0.414. The van der Waals surface area contributed by atoms with Crippen molar-refractivity contribution in [3.8, 4) is 11.5 Å². The summed E-state index contributed by atoms with van der Waals surface area (Å²) in [6.45, 7) is 1.45. The zero-order valence-electron chi connectivity index (χ0n) is 14.8. The number of ether oxygens (including phenoxy) is 2. The molecule has 0 fully saturated rings. The quantitative estimate of drug-likeness (QED) is 0.502. The van der Waals surface area contributed by atoms with Gasteiger partial charge in [0, 0.05) is 18.5 Å². The third-order valence-electron chi connectivity index (χ3n) is 3.96. The lowest BCUT2D eigenvalue weighted by Gasteiger charge is -2.22. The monoisotopic (exact) mass is 388 g/mol. The largest absolute Gasteiger partial charge is 0.497 e. The van der Waals surface area contributed by atoms with E-state index in [0.29, 0.717) is 5.88 Å². The van der Waals surface area contributed by atoms with E-state index >= 15 is 0 Å². The second kappa shape index (κ2) is 8.92. The molecule has 0 saturated heterocycles. The molecule has 0 radical (unpaired) electrons.